The van der Waals surface area contributed by atoms with E-state index in [1.54, 1.807) is 6.20 Å². The highest BCUT2D eigenvalue weighted by atomic mass is 19.4. The van der Waals surface area contributed by atoms with Crippen molar-refractivity contribution in [1.82, 2.24) is 9.88 Å². The first kappa shape index (κ1) is 19.5. The molecule has 2 N–H and O–H groups in total. The Hall–Kier alpha value is -2.22. The summed E-state index contributed by atoms with van der Waals surface area (Å²) in [5, 5.41) is 3.62. The van der Waals surface area contributed by atoms with Crippen LogP contribution in [0.3, 0.4) is 0 Å². The molecule has 0 radical (unpaired) electrons. The number of halogens is 3. The molecule has 1 saturated heterocycles. The average molecular weight is 383 g/mol. The topological polar surface area (TPSA) is 57.4 Å². The fourth-order valence-corrected chi connectivity index (χ4v) is 3.61. The summed E-state index contributed by atoms with van der Waals surface area (Å²) in [5.41, 5.74) is 1.58. The highest BCUT2D eigenvalue weighted by Crippen LogP contribution is 2.28. The van der Waals surface area contributed by atoms with Crippen LogP contribution in [-0.4, -0.2) is 48.2 Å². The van der Waals surface area contributed by atoms with Gasteiger partial charge in [-0.15, -0.1) is 0 Å². The normalized spacial score (nSPS) is 18.6. The Labute approximate surface area is 155 Å². The number of hydrogen-bond acceptors (Lipinski definition) is 3. The molecular weight excluding hydrogens is 359 g/mol. The first-order chi connectivity index (χ1) is 12.8. The van der Waals surface area contributed by atoms with Crippen LogP contribution in [-0.2, 0) is 4.79 Å². The summed E-state index contributed by atoms with van der Waals surface area (Å²) in [5.74, 6) is 0.742. The van der Waals surface area contributed by atoms with Crippen molar-refractivity contribution in [3.05, 3.63) is 24.4 Å². The first-order valence-electron chi connectivity index (χ1n) is 9.11. The minimum absolute atomic E-state index is 0.150. The maximum atomic E-state index is 12.6. The summed E-state index contributed by atoms with van der Waals surface area (Å²) >= 11 is 0. The van der Waals surface area contributed by atoms with Gasteiger partial charge >= 0.3 is 6.18 Å². The number of carbonyl (C=O) groups excluding carboxylic acids is 1. The maximum absolute atomic E-state index is 12.6. The smallest absolute Gasteiger partial charge is 0.401 e. The SMILES string of the molecule is CC(=O)Nc1c[nH]c2ccc(OCC[C@@H]3CCCN(CC(F)(F)F)C3)cc12. The van der Waals surface area contributed by atoms with Crippen molar-refractivity contribution in [3.63, 3.8) is 0 Å². The summed E-state index contributed by atoms with van der Waals surface area (Å²) < 4.78 is 43.5. The molecule has 0 bridgehead atoms. The molecular formula is C19H24F3N3O2. The van der Waals surface area contributed by atoms with E-state index in [0.717, 1.165) is 30.2 Å². The number of piperidine rings is 1. The van der Waals surface area contributed by atoms with Gasteiger partial charge in [0, 0.05) is 30.6 Å². The van der Waals surface area contributed by atoms with E-state index in [9.17, 15) is 18.0 Å². The molecule has 1 aliphatic heterocycles. The predicted octanol–water partition coefficient (Wildman–Crippen LogP) is 4.17. The van der Waals surface area contributed by atoms with E-state index in [0.29, 0.717) is 31.1 Å². The van der Waals surface area contributed by atoms with Crippen LogP contribution < -0.4 is 10.1 Å². The van der Waals surface area contributed by atoms with E-state index in [1.807, 2.05) is 18.2 Å². The van der Waals surface area contributed by atoms with Gasteiger partial charge in [-0.3, -0.25) is 9.69 Å². The molecule has 1 aromatic heterocycles. The number of alkyl halides is 3. The van der Waals surface area contributed by atoms with Crippen molar-refractivity contribution in [1.29, 1.82) is 0 Å². The monoisotopic (exact) mass is 383 g/mol. The number of hydrogen-bond donors (Lipinski definition) is 2. The number of H-pyrrole nitrogens is 1. The molecule has 2 heterocycles. The highest BCUT2D eigenvalue weighted by Gasteiger charge is 2.32. The summed E-state index contributed by atoms with van der Waals surface area (Å²) in [7, 11) is 0. The second-order valence-electron chi connectivity index (χ2n) is 7.09. The van der Waals surface area contributed by atoms with Crippen molar-refractivity contribution in [2.24, 2.45) is 5.92 Å². The number of rotatable bonds is 6. The van der Waals surface area contributed by atoms with Crippen LogP contribution >= 0.6 is 0 Å². The number of aromatic nitrogens is 1. The standard InChI is InChI=1S/C19H24F3N3O2/c1-13(26)24-18-10-23-17-5-4-15(9-16(17)18)27-8-6-14-3-2-7-25(11-14)12-19(20,21)22/h4-5,9-10,14,23H,2-3,6-8,11-12H2,1H3,(H,24,26)/t14-/m0/s1. The lowest BCUT2D eigenvalue weighted by molar-refractivity contribution is -0.149. The predicted molar refractivity (Wildman–Crippen MR) is 97.9 cm³/mol. The third kappa shape index (κ3) is 5.63. The number of amides is 1. The molecule has 1 amide bonds. The van der Waals surface area contributed by atoms with Crippen LogP contribution in [0.4, 0.5) is 18.9 Å². The second-order valence-corrected chi connectivity index (χ2v) is 7.09. The van der Waals surface area contributed by atoms with Crippen molar-refractivity contribution in [3.8, 4) is 5.75 Å². The second kappa shape index (κ2) is 8.21. The van der Waals surface area contributed by atoms with Gasteiger partial charge in [0.1, 0.15) is 5.75 Å². The van der Waals surface area contributed by atoms with Crippen molar-refractivity contribution in [2.45, 2.75) is 32.4 Å². The van der Waals surface area contributed by atoms with E-state index in [4.69, 9.17) is 4.74 Å². The molecule has 0 unspecified atom stereocenters. The Morgan fingerprint density at radius 1 is 1.41 bits per heavy atom. The Morgan fingerprint density at radius 3 is 2.96 bits per heavy atom. The molecule has 5 nitrogen and oxygen atoms in total. The number of nitrogens with zero attached hydrogens (tertiary/aromatic N) is 1. The van der Waals surface area contributed by atoms with Crippen LogP contribution in [0.25, 0.3) is 10.9 Å². The Kier molecular flexibility index (Phi) is 5.94. The number of ether oxygens (including phenoxy) is 1. The van der Waals surface area contributed by atoms with E-state index < -0.39 is 12.7 Å². The molecule has 0 saturated carbocycles. The first-order valence-corrected chi connectivity index (χ1v) is 9.11. The van der Waals surface area contributed by atoms with E-state index in [-0.39, 0.29) is 11.8 Å². The van der Waals surface area contributed by atoms with Crippen molar-refractivity contribution < 1.29 is 22.7 Å². The number of fused-ring (bicyclic) bond motifs is 1. The van der Waals surface area contributed by atoms with E-state index in [1.165, 1.54) is 11.8 Å². The Bertz CT molecular complexity index is 788. The number of likely N-dealkylation sites (tertiary alicyclic amines) is 1. The number of carbonyl (C=O) groups is 1. The van der Waals surface area contributed by atoms with E-state index in [2.05, 4.69) is 10.3 Å². The van der Waals surface area contributed by atoms with Crippen LogP contribution in [0, 0.1) is 5.92 Å². The summed E-state index contributed by atoms with van der Waals surface area (Å²) in [6, 6.07) is 5.57. The van der Waals surface area contributed by atoms with Gasteiger partial charge in [0.05, 0.1) is 18.8 Å². The Morgan fingerprint density at radius 2 is 2.22 bits per heavy atom. The van der Waals surface area contributed by atoms with Gasteiger partial charge in [-0.2, -0.15) is 13.2 Å². The summed E-state index contributed by atoms with van der Waals surface area (Å²) in [4.78, 5) is 15.8. The van der Waals surface area contributed by atoms with Gasteiger partial charge in [0.2, 0.25) is 5.91 Å². The van der Waals surface area contributed by atoms with Gasteiger partial charge in [0.25, 0.3) is 0 Å². The lowest BCUT2D eigenvalue weighted by atomic mass is 9.95. The molecule has 8 heteroatoms. The van der Waals surface area contributed by atoms with Gasteiger partial charge in [-0.25, -0.2) is 0 Å². The van der Waals surface area contributed by atoms with Crippen LogP contribution in [0.15, 0.2) is 24.4 Å². The third-order valence-corrected chi connectivity index (χ3v) is 4.76. The molecule has 1 atom stereocenters. The summed E-state index contributed by atoms with van der Waals surface area (Å²) in [6.45, 7) is 2.04. The lowest BCUT2D eigenvalue weighted by Crippen LogP contribution is -2.41. The third-order valence-electron chi connectivity index (χ3n) is 4.76. The molecule has 148 valence electrons. The quantitative estimate of drug-likeness (QED) is 0.787. The number of nitrogens with one attached hydrogen (secondary N) is 2. The molecule has 3 rings (SSSR count). The highest BCUT2D eigenvalue weighted by molar-refractivity contribution is 6.01. The zero-order valence-electron chi connectivity index (χ0n) is 15.2. The maximum Gasteiger partial charge on any atom is 0.401 e. The fraction of sp³-hybridized carbons (Fsp3) is 0.526. The van der Waals surface area contributed by atoms with E-state index >= 15 is 0 Å². The van der Waals surface area contributed by atoms with Crippen LogP contribution in [0.2, 0.25) is 0 Å². The number of anilines is 1. The average Bonchev–Trinajstić information content (AvgIpc) is 2.95. The molecule has 1 aliphatic rings. The molecule has 1 fully saturated rings. The molecule has 0 aliphatic carbocycles. The van der Waals surface area contributed by atoms with Crippen LogP contribution in [0.5, 0.6) is 5.75 Å². The lowest BCUT2D eigenvalue weighted by Gasteiger charge is -2.33. The largest absolute Gasteiger partial charge is 0.494 e. The minimum atomic E-state index is -4.14. The van der Waals surface area contributed by atoms with Gasteiger partial charge in [-0.05, 0) is 49.9 Å². The van der Waals surface area contributed by atoms with Gasteiger partial charge in [-0.1, -0.05) is 0 Å². The van der Waals surface area contributed by atoms with Gasteiger partial charge < -0.3 is 15.0 Å². The molecule has 1 aromatic carbocycles. The zero-order valence-corrected chi connectivity index (χ0v) is 15.2. The van der Waals surface area contributed by atoms with Crippen molar-refractivity contribution in [2.75, 3.05) is 31.6 Å². The van der Waals surface area contributed by atoms with Crippen LogP contribution in [0.1, 0.15) is 26.2 Å². The Balaban J connectivity index is 1.53. The van der Waals surface area contributed by atoms with Gasteiger partial charge in [0.15, 0.2) is 0 Å². The molecule has 27 heavy (non-hydrogen) atoms. The number of benzene rings is 1. The molecule has 0 spiro atoms. The zero-order chi connectivity index (χ0) is 19.4. The van der Waals surface area contributed by atoms with Crippen molar-refractivity contribution >= 4 is 22.5 Å². The summed E-state index contributed by atoms with van der Waals surface area (Å²) in [6.07, 6.45) is 0.0263. The molecule has 2 aromatic rings. The fourth-order valence-electron chi connectivity index (χ4n) is 3.61. The number of aromatic amines is 1. The minimum Gasteiger partial charge on any atom is -0.494 e.